The number of sulfonamides is 1. The number of rotatable bonds is 7. The normalized spacial score (nSPS) is 13.1. The Morgan fingerprint density at radius 1 is 1.06 bits per heavy atom. The molecule has 0 aliphatic rings. The van der Waals surface area contributed by atoms with E-state index in [0.29, 0.717) is 27.6 Å². The maximum Gasteiger partial charge on any atom is 0.341 e. The lowest BCUT2D eigenvalue weighted by Gasteiger charge is -2.29. The van der Waals surface area contributed by atoms with Gasteiger partial charge < -0.3 is 14.0 Å². The highest BCUT2D eigenvalue weighted by molar-refractivity contribution is 7.88. The van der Waals surface area contributed by atoms with E-state index >= 15 is 0 Å². The monoisotopic (exact) mass is 514 g/mol. The summed E-state index contributed by atoms with van der Waals surface area (Å²) in [5, 5.41) is 1.03. The quantitative estimate of drug-likeness (QED) is 0.480. The zero-order valence-corrected chi connectivity index (χ0v) is 22.9. The number of pyridine rings is 1. The minimum atomic E-state index is -3.40. The van der Waals surface area contributed by atoms with Gasteiger partial charge >= 0.3 is 5.97 Å². The van der Waals surface area contributed by atoms with Crippen molar-refractivity contribution in [3.63, 3.8) is 0 Å². The predicted octanol–water partition coefficient (Wildman–Crippen LogP) is 3.90. The summed E-state index contributed by atoms with van der Waals surface area (Å²) < 4.78 is 38.3. The number of fused-ring (bicyclic) bond motifs is 1. The molecule has 0 aliphatic carbocycles. The number of hydrogen-bond donors (Lipinski definition) is 1. The van der Waals surface area contributed by atoms with Crippen molar-refractivity contribution >= 4 is 26.8 Å². The molecule has 0 radical (unpaired) electrons. The Morgan fingerprint density at radius 3 is 2.28 bits per heavy atom. The third-order valence-corrected chi connectivity index (χ3v) is 6.64. The second-order valence-electron chi connectivity index (χ2n) is 10.0. The molecule has 2 aromatic carbocycles. The van der Waals surface area contributed by atoms with Gasteiger partial charge in [-0.15, -0.1) is 0 Å². The molecule has 0 amide bonds. The van der Waals surface area contributed by atoms with E-state index in [1.165, 1.54) is 11.7 Å². The topological polar surface area (TPSA) is 104 Å². The molecule has 0 saturated heterocycles. The van der Waals surface area contributed by atoms with Crippen LogP contribution in [0.3, 0.4) is 0 Å². The maximum absolute atomic E-state index is 13.6. The van der Waals surface area contributed by atoms with Crippen LogP contribution in [0.5, 0.6) is 0 Å². The van der Waals surface area contributed by atoms with Crippen LogP contribution >= 0.6 is 0 Å². The van der Waals surface area contributed by atoms with Crippen LogP contribution in [-0.2, 0) is 37.9 Å². The van der Waals surface area contributed by atoms with Crippen molar-refractivity contribution in [1.29, 1.82) is 0 Å². The first kappa shape index (κ1) is 27.6. The number of carbonyl (C=O) groups excluding carboxylic acids is 1. The van der Waals surface area contributed by atoms with Crippen LogP contribution in [0.2, 0.25) is 0 Å². The Kier molecular flexibility index (Phi) is 7.78. The van der Waals surface area contributed by atoms with Crippen molar-refractivity contribution in [2.75, 3.05) is 13.4 Å². The molecule has 0 aliphatic heterocycles. The highest BCUT2D eigenvalue weighted by atomic mass is 32.2. The van der Waals surface area contributed by atoms with Crippen molar-refractivity contribution in [2.24, 2.45) is 7.05 Å². The number of aryl methyl sites for hydroxylation is 2. The first-order chi connectivity index (χ1) is 16.6. The van der Waals surface area contributed by atoms with Gasteiger partial charge in [0.25, 0.3) is 5.56 Å². The van der Waals surface area contributed by atoms with Crippen LogP contribution in [-0.4, -0.2) is 37.9 Å². The summed E-state index contributed by atoms with van der Waals surface area (Å²) in [5.41, 5.74) is 3.66. The Morgan fingerprint density at radius 2 is 1.72 bits per heavy atom. The summed E-state index contributed by atoms with van der Waals surface area (Å²) in [5.74, 6) is -0.613. The number of esters is 1. The molecule has 1 unspecified atom stereocenters. The maximum atomic E-state index is 13.6. The van der Waals surface area contributed by atoms with Crippen molar-refractivity contribution < 1.29 is 22.7 Å². The van der Waals surface area contributed by atoms with Gasteiger partial charge in [-0.05, 0) is 68.3 Å². The van der Waals surface area contributed by atoms with E-state index in [1.807, 2.05) is 52.8 Å². The SMILES string of the molecule is COC(=O)C(OC(C)(C)C)c1c(-c2ccc(C)c(C)c2)c2ccc(CNS(C)(=O)=O)cc2c(=O)n1C. The summed E-state index contributed by atoms with van der Waals surface area (Å²) >= 11 is 0. The molecule has 1 N–H and O–H groups in total. The Balaban J connectivity index is 2.42. The standard InChI is InChI=1S/C27H34N2O6S/c1-16-9-11-19(13-17(16)2)22-20-12-10-18(15-28-36(8,32)33)14-21(20)25(30)29(6)23(22)24(26(31)34-7)35-27(3,4)5/h9-14,24,28H,15H2,1-8H3. The summed E-state index contributed by atoms with van der Waals surface area (Å²) in [6.45, 7) is 9.56. The third kappa shape index (κ3) is 6.03. The summed E-state index contributed by atoms with van der Waals surface area (Å²) in [6, 6.07) is 11.2. The molecule has 1 atom stereocenters. The fraction of sp³-hybridized carbons (Fsp3) is 0.407. The van der Waals surface area contributed by atoms with E-state index in [1.54, 1.807) is 25.2 Å². The number of methoxy groups -OCH3 is 1. The zero-order valence-electron chi connectivity index (χ0n) is 22.1. The van der Waals surface area contributed by atoms with Gasteiger partial charge in [0.2, 0.25) is 10.0 Å². The lowest BCUT2D eigenvalue weighted by atomic mass is 9.91. The number of benzene rings is 2. The van der Waals surface area contributed by atoms with Crippen LogP contribution in [0.25, 0.3) is 21.9 Å². The molecular weight excluding hydrogens is 480 g/mol. The smallest absolute Gasteiger partial charge is 0.341 e. The molecule has 3 aromatic rings. The number of aromatic nitrogens is 1. The van der Waals surface area contributed by atoms with Gasteiger partial charge in [-0.1, -0.05) is 30.3 Å². The lowest BCUT2D eigenvalue weighted by Crippen LogP contribution is -2.33. The second kappa shape index (κ2) is 10.2. The van der Waals surface area contributed by atoms with Crippen LogP contribution in [0.15, 0.2) is 41.2 Å². The fourth-order valence-electron chi connectivity index (χ4n) is 4.09. The first-order valence-corrected chi connectivity index (χ1v) is 13.5. The van der Waals surface area contributed by atoms with Gasteiger partial charge in [0.15, 0.2) is 6.10 Å². The number of ether oxygens (including phenoxy) is 2. The molecule has 9 heteroatoms. The molecule has 0 fully saturated rings. The molecule has 0 spiro atoms. The average Bonchev–Trinajstić information content (AvgIpc) is 2.79. The van der Waals surface area contributed by atoms with E-state index in [-0.39, 0.29) is 12.1 Å². The van der Waals surface area contributed by atoms with E-state index in [4.69, 9.17) is 9.47 Å². The minimum Gasteiger partial charge on any atom is -0.467 e. The molecule has 1 heterocycles. The van der Waals surface area contributed by atoms with Crippen molar-refractivity contribution in [3.8, 4) is 11.1 Å². The Labute approximate surface area is 212 Å². The summed E-state index contributed by atoms with van der Waals surface area (Å²) in [4.78, 5) is 26.6. The van der Waals surface area contributed by atoms with E-state index < -0.39 is 27.7 Å². The van der Waals surface area contributed by atoms with E-state index in [2.05, 4.69) is 4.72 Å². The van der Waals surface area contributed by atoms with Crippen molar-refractivity contribution in [1.82, 2.24) is 9.29 Å². The van der Waals surface area contributed by atoms with Crippen LogP contribution in [0.4, 0.5) is 0 Å². The van der Waals surface area contributed by atoms with Crippen LogP contribution < -0.4 is 10.3 Å². The van der Waals surface area contributed by atoms with Crippen LogP contribution in [0, 0.1) is 13.8 Å². The molecule has 0 saturated carbocycles. The Bertz CT molecular complexity index is 1480. The molecule has 1 aromatic heterocycles. The molecule has 8 nitrogen and oxygen atoms in total. The highest BCUT2D eigenvalue weighted by Gasteiger charge is 2.34. The largest absolute Gasteiger partial charge is 0.467 e. The van der Waals surface area contributed by atoms with Gasteiger partial charge in [-0.25, -0.2) is 17.9 Å². The molecule has 194 valence electrons. The summed E-state index contributed by atoms with van der Waals surface area (Å²) in [6.07, 6.45) is -0.0698. The fourth-order valence-corrected chi connectivity index (χ4v) is 4.52. The van der Waals surface area contributed by atoms with Gasteiger partial charge in [0.1, 0.15) is 0 Å². The molecule has 3 rings (SSSR count). The third-order valence-electron chi connectivity index (χ3n) is 5.97. The zero-order chi connectivity index (χ0) is 27.0. The van der Waals surface area contributed by atoms with Gasteiger partial charge in [-0.3, -0.25) is 4.79 Å². The predicted molar refractivity (Wildman–Crippen MR) is 141 cm³/mol. The molecule has 0 bridgehead atoms. The van der Waals surface area contributed by atoms with Crippen LogP contribution in [0.1, 0.15) is 49.3 Å². The van der Waals surface area contributed by atoms with Gasteiger partial charge in [0.05, 0.1) is 24.7 Å². The lowest BCUT2D eigenvalue weighted by molar-refractivity contribution is -0.165. The van der Waals surface area contributed by atoms with E-state index in [9.17, 15) is 18.0 Å². The minimum absolute atomic E-state index is 0.0522. The second-order valence-corrected chi connectivity index (χ2v) is 11.9. The average molecular weight is 515 g/mol. The number of nitrogens with one attached hydrogen (secondary N) is 1. The first-order valence-electron chi connectivity index (χ1n) is 11.6. The van der Waals surface area contributed by atoms with Gasteiger partial charge in [0, 0.05) is 24.5 Å². The van der Waals surface area contributed by atoms with Gasteiger partial charge in [-0.2, -0.15) is 0 Å². The molecular formula is C27H34N2O6S. The van der Waals surface area contributed by atoms with Crippen molar-refractivity contribution in [2.45, 2.75) is 52.9 Å². The number of carbonyl (C=O) groups is 1. The van der Waals surface area contributed by atoms with E-state index in [0.717, 1.165) is 22.9 Å². The number of hydrogen-bond acceptors (Lipinski definition) is 6. The highest BCUT2D eigenvalue weighted by Crippen LogP contribution is 2.38. The number of nitrogens with zero attached hydrogens (tertiary/aromatic N) is 1. The Hall–Kier alpha value is -3.01. The van der Waals surface area contributed by atoms with Crippen molar-refractivity contribution in [3.05, 3.63) is 69.1 Å². The molecule has 36 heavy (non-hydrogen) atoms. The summed E-state index contributed by atoms with van der Waals surface area (Å²) in [7, 11) is -0.512.